The number of ether oxygens (including phenoxy) is 2. The SMILES string of the molecule is CS(=O)(=O)N(CCN1CCOCC1)c1ccc2c(c1)C(=O)N(CC(=O)OC(=O)C(F)(F)F)C2=O. The van der Waals surface area contributed by atoms with E-state index in [1.807, 2.05) is 4.90 Å². The average Bonchev–Trinajstić information content (AvgIpc) is 2.97. The molecule has 0 radical (unpaired) electrons. The van der Waals surface area contributed by atoms with Gasteiger partial charge in [-0.25, -0.2) is 18.0 Å². The molecule has 0 N–H and O–H groups in total. The number of anilines is 1. The second-order valence-corrected chi connectivity index (χ2v) is 9.38. The number of hydrogen-bond donors (Lipinski definition) is 0. The third-order valence-corrected chi connectivity index (χ3v) is 6.28. The first kappa shape index (κ1) is 25.6. The summed E-state index contributed by atoms with van der Waals surface area (Å²) in [7, 11) is -3.78. The number of sulfonamides is 1. The lowest BCUT2D eigenvalue weighted by molar-refractivity contribution is -0.201. The molecule has 34 heavy (non-hydrogen) atoms. The van der Waals surface area contributed by atoms with Gasteiger partial charge in [-0.15, -0.1) is 0 Å². The van der Waals surface area contributed by atoms with Crippen molar-refractivity contribution in [1.29, 1.82) is 0 Å². The molecule has 15 heteroatoms. The van der Waals surface area contributed by atoms with E-state index >= 15 is 0 Å². The predicted octanol–water partition coefficient (Wildman–Crippen LogP) is 0.0129. The van der Waals surface area contributed by atoms with Gasteiger partial charge in [0, 0.05) is 26.2 Å². The van der Waals surface area contributed by atoms with Gasteiger partial charge in [-0.2, -0.15) is 13.2 Å². The van der Waals surface area contributed by atoms with Gasteiger partial charge in [-0.3, -0.25) is 23.7 Å². The number of nitrogens with zero attached hydrogens (tertiary/aromatic N) is 3. The van der Waals surface area contributed by atoms with Crippen molar-refractivity contribution in [3.8, 4) is 0 Å². The lowest BCUT2D eigenvalue weighted by atomic mass is 10.1. The Hall–Kier alpha value is -3.04. The summed E-state index contributed by atoms with van der Waals surface area (Å²) >= 11 is 0. The van der Waals surface area contributed by atoms with E-state index in [1.54, 1.807) is 0 Å². The molecule has 2 aliphatic rings. The van der Waals surface area contributed by atoms with Gasteiger partial charge in [0.25, 0.3) is 11.8 Å². The Labute approximate surface area is 192 Å². The first-order chi connectivity index (χ1) is 15.8. The van der Waals surface area contributed by atoms with Crippen molar-refractivity contribution < 1.29 is 50.2 Å². The highest BCUT2D eigenvalue weighted by Crippen LogP contribution is 2.29. The van der Waals surface area contributed by atoms with Crippen molar-refractivity contribution in [2.45, 2.75) is 6.18 Å². The van der Waals surface area contributed by atoms with Crippen LogP contribution < -0.4 is 4.31 Å². The number of rotatable bonds is 7. The minimum absolute atomic E-state index is 0.0509. The highest BCUT2D eigenvalue weighted by atomic mass is 32.2. The van der Waals surface area contributed by atoms with Gasteiger partial charge in [0.1, 0.15) is 6.54 Å². The molecule has 0 spiro atoms. The van der Waals surface area contributed by atoms with Gasteiger partial charge < -0.3 is 9.47 Å². The summed E-state index contributed by atoms with van der Waals surface area (Å²) in [6.07, 6.45) is -4.45. The molecule has 2 heterocycles. The fourth-order valence-electron chi connectivity index (χ4n) is 3.44. The van der Waals surface area contributed by atoms with E-state index in [9.17, 15) is 40.8 Å². The van der Waals surface area contributed by atoms with Crippen molar-refractivity contribution in [3.63, 3.8) is 0 Å². The Balaban J connectivity index is 1.77. The van der Waals surface area contributed by atoms with E-state index in [4.69, 9.17) is 4.74 Å². The monoisotopic (exact) mass is 507 g/mol. The first-order valence-electron chi connectivity index (χ1n) is 9.89. The van der Waals surface area contributed by atoms with Crippen LogP contribution >= 0.6 is 0 Å². The van der Waals surface area contributed by atoms with Gasteiger partial charge in [0.2, 0.25) is 10.0 Å². The van der Waals surface area contributed by atoms with Gasteiger partial charge in [-0.05, 0) is 18.2 Å². The highest BCUT2D eigenvalue weighted by molar-refractivity contribution is 7.92. The molecule has 1 saturated heterocycles. The summed E-state index contributed by atoms with van der Waals surface area (Å²) in [6.45, 7) is 1.48. The lowest BCUT2D eigenvalue weighted by Crippen LogP contribution is -2.43. The fraction of sp³-hybridized carbons (Fsp3) is 0.474. The summed E-state index contributed by atoms with van der Waals surface area (Å²) in [5.41, 5.74) is -0.324. The molecule has 3 rings (SSSR count). The van der Waals surface area contributed by atoms with Crippen molar-refractivity contribution in [1.82, 2.24) is 9.80 Å². The average molecular weight is 507 g/mol. The maximum absolute atomic E-state index is 12.7. The molecule has 0 aromatic heterocycles. The zero-order valence-corrected chi connectivity index (χ0v) is 18.6. The van der Waals surface area contributed by atoms with Crippen molar-refractivity contribution in [2.24, 2.45) is 0 Å². The molecule has 1 aromatic rings. The highest BCUT2D eigenvalue weighted by Gasteiger charge is 2.44. The van der Waals surface area contributed by atoms with Crippen LogP contribution in [0.15, 0.2) is 18.2 Å². The molecular formula is C19H20F3N3O8S. The second-order valence-electron chi connectivity index (χ2n) is 7.47. The summed E-state index contributed by atoms with van der Waals surface area (Å²) in [6, 6.07) is 3.64. The maximum Gasteiger partial charge on any atom is 0.491 e. The number of carbonyl (C=O) groups excluding carboxylic acids is 4. The molecule has 0 bridgehead atoms. The van der Waals surface area contributed by atoms with Crippen LogP contribution in [0.25, 0.3) is 0 Å². The number of morpholine rings is 1. The van der Waals surface area contributed by atoms with E-state index in [-0.39, 0.29) is 23.4 Å². The number of halogens is 3. The maximum atomic E-state index is 12.7. The zero-order valence-electron chi connectivity index (χ0n) is 17.8. The number of carbonyl (C=O) groups is 4. The Morgan fingerprint density at radius 1 is 1.12 bits per heavy atom. The second kappa shape index (κ2) is 9.68. The Morgan fingerprint density at radius 3 is 2.32 bits per heavy atom. The standard InChI is InChI=1S/C19H20F3N3O8S/c1-34(30,31)25(5-4-23-6-8-32-9-7-23)12-2-3-13-14(10-12)17(28)24(16(13)27)11-15(26)33-18(29)19(20,21)22/h2-3,10H,4-9,11H2,1H3. The van der Waals surface area contributed by atoms with Crippen molar-refractivity contribution >= 4 is 39.5 Å². The van der Waals surface area contributed by atoms with Crippen LogP contribution in [0.5, 0.6) is 0 Å². The van der Waals surface area contributed by atoms with E-state index in [0.717, 1.165) is 16.6 Å². The van der Waals surface area contributed by atoms with Crippen LogP contribution in [0.2, 0.25) is 0 Å². The number of hydrogen-bond acceptors (Lipinski definition) is 9. The first-order valence-corrected chi connectivity index (χ1v) is 11.7. The molecule has 0 aliphatic carbocycles. The largest absolute Gasteiger partial charge is 0.491 e. The Kier molecular flexibility index (Phi) is 7.28. The molecule has 0 saturated carbocycles. The third kappa shape index (κ3) is 5.71. The minimum Gasteiger partial charge on any atom is -0.385 e. The van der Waals surface area contributed by atoms with Gasteiger partial charge in [0.15, 0.2) is 0 Å². The third-order valence-electron chi connectivity index (χ3n) is 5.09. The summed E-state index contributed by atoms with van der Waals surface area (Å²) in [5.74, 6) is -6.57. The van der Waals surface area contributed by atoms with Gasteiger partial charge in [-0.1, -0.05) is 0 Å². The Morgan fingerprint density at radius 2 is 1.74 bits per heavy atom. The molecule has 2 aliphatic heterocycles. The molecular weight excluding hydrogens is 487 g/mol. The molecule has 11 nitrogen and oxygen atoms in total. The summed E-state index contributed by atoms with van der Waals surface area (Å²) < 4.78 is 71.4. The molecule has 186 valence electrons. The van der Waals surface area contributed by atoms with Gasteiger partial charge in [0.05, 0.1) is 36.3 Å². The van der Waals surface area contributed by atoms with Crippen LogP contribution in [0.1, 0.15) is 20.7 Å². The van der Waals surface area contributed by atoms with E-state index in [0.29, 0.717) is 37.7 Å². The van der Waals surface area contributed by atoms with Crippen LogP contribution in [0.4, 0.5) is 18.9 Å². The number of fused-ring (bicyclic) bond motifs is 1. The van der Waals surface area contributed by atoms with E-state index in [2.05, 4.69) is 4.74 Å². The van der Waals surface area contributed by atoms with Crippen molar-refractivity contribution in [2.75, 3.05) is 56.5 Å². The quantitative estimate of drug-likeness (QED) is 0.285. The molecule has 1 aromatic carbocycles. The minimum atomic E-state index is -5.43. The summed E-state index contributed by atoms with van der Waals surface area (Å²) in [5, 5.41) is 0. The number of benzene rings is 1. The van der Waals surface area contributed by atoms with Crippen LogP contribution in [-0.2, 0) is 29.1 Å². The van der Waals surface area contributed by atoms with Crippen LogP contribution in [0.3, 0.4) is 0 Å². The molecule has 1 fully saturated rings. The normalized spacial score (nSPS) is 17.0. The zero-order chi connectivity index (χ0) is 25.3. The number of alkyl halides is 3. The number of esters is 2. The van der Waals surface area contributed by atoms with E-state index < -0.39 is 46.5 Å². The van der Waals surface area contributed by atoms with Gasteiger partial charge >= 0.3 is 18.1 Å². The van der Waals surface area contributed by atoms with E-state index in [1.165, 1.54) is 12.1 Å². The Bertz CT molecular complexity index is 1120. The molecule has 0 unspecified atom stereocenters. The molecule has 0 atom stereocenters. The molecule has 2 amide bonds. The topological polar surface area (TPSA) is 131 Å². The smallest absolute Gasteiger partial charge is 0.385 e. The number of amides is 2. The number of imide groups is 1. The lowest BCUT2D eigenvalue weighted by Gasteiger charge is -2.30. The predicted molar refractivity (Wildman–Crippen MR) is 108 cm³/mol. The van der Waals surface area contributed by atoms with Crippen LogP contribution in [0, 0.1) is 0 Å². The fourth-order valence-corrected chi connectivity index (χ4v) is 4.35. The summed E-state index contributed by atoms with van der Waals surface area (Å²) in [4.78, 5) is 49.9. The van der Waals surface area contributed by atoms with Crippen molar-refractivity contribution in [3.05, 3.63) is 29.3 Å². The van der Waals surface area contributed by atoms with Crippen LogP contribution in [-0.4, -0.2) is 100 Å².